The van der Waals surface area contributed by atoms with Crippen molar-refractivity contribution >= 4 is 39.4 Å². The van der Waals surface area contributed by atoms with Gasteiger partial charge in [0.25, 0.3) is 0 Å². The van der Waals surface area contributed by atoms with Crippen molar-refractivity contribution in [2.75, 3.05) is 112 Å². The summed E-state index contributed by atoms with van der Waals surface area (Å²) in [6.45, 7) is 21.4. The average Bonchev–Trinajstić information content (AvgIpc) is 3.33. The Labute approximate surface area is 284 Å². The van der Waals surface area contributed by atoms with Gasteiger partial charge in [-0.3, -0.25) is 4.79 Å². The fourth-order valence-corrected chi connectivity index (χ4v) is 5.70. The van der Waals surface area contributed by atoms with Gasteiger partial charge >= 0.3 is 5.97 Å². The number of anilines is 1. The van der Waals surface area contributed by atoms with Gasteiger partial charge in [-0.2, -0.15) is 15.5 Å². The Balaban J connectivity index is 2.01. The van der Waals surface area contributed by atoms with E-state index in [-0.39, 0.29) is 6.42 Å². The molecule has 13 heteroatoms. The van der Waals surface area contributed by atoms with Crippen LogP contribution >= 0.6 is 11.3 Å². The molecule has 1 N–H and O–H groups in total. The lowest BCUT2D eigenvalue weighted by Crippen LogP contribution is -2.44. The molecule has 1 heterocycles. The van der Waals surface area contributed by atoms with Crippen LogP contribution < -0.4 is 4.90 Å². The Kier molecular flexibility index (Phi) is 17.0. The predicted octanol–water partition coefficient (Wildman–Crippen LogP) is 6.10. The van der Waals surface area contributed by atoms with Crippen LogP contribution in [0.15, 0.2) is 28.4 Å². The summed E-state index contributed by atoms with van der Waals surface area (Å²) >= 11 is 1.17. The zero-order valence-corrected chi connectivity index (χ0v) is 30.1. The highest BCUT2D eigenvalue weighted by Crippen LogP contribution is 2.42. The molecule has 0 spiro atoms. The standard InChI is InChI=1S/C34H52N7O5S/c1-9-15-40(5,6)17-22-46-24-23-45-20-14-39(13-19-44-21-18-41(7,8)16-12-32(42)43)29-10-11-30(27(2)25-29)37-38-34-33(36-4)28(3)31(26-35)47-34/h10-11,25H,9,12-24H2,1-3,5-8H3/q+1/p+1. The molecule has 0 radical (unpaired) electrons. The van der Waals surface area contributed by atoms with Crippen LogP contribution in [0.4, 0.5) is 22.1 Å². The van der Waals surface area contributed by atoms with Gasteiger partial charge in [0.1, 0.15) is 24.2 Å². The second-order valence-electron chi connectivity index (χ2n) is 12.8. The van der Waals surface area contributed by atoms with E-state index < -0.39 is 5.97 Å². The third-order valence-electron chi connectivity index (χ3n) is 7.93. The number of benzene rings is 1. The third kappa shape index (κ3) is 14.5. The third-order valence-corrected chi connectivity index (χ3v) is 9.00. The molecule has 0 saturated heterocycles. The Hall–Kier alpha value is -3.43. The molecule has 258 valence electrons. The number of carboxylic acid groups (broad SMARTS) is 1. The summed E-state index contributed by atoms with van der Waals surface area (Å²) in [5.74, 6) is -0.789. The van der Waals surface area contributed by atoms with Crippen LogP contribution in [0.1, 0.15) is 35.8 Å². The van der Waals surface area contributed by atoms with Crippen LogP contribution in [0, 0.1) is 31.8 Å². The molecular formula is C34H53N7O5S+2. The van der Waals surface area contributed by atoms with Crippen molar-refractivity contribution in [1.82, 2.24) is 0 Å². The number of quaternary nitrogens is 2. The summed E-state index contributed by atoms with van der Waals surface area (Å²) in [4.78, 5) is 17.2. The lowest BCUT2D eigenvalue weighted by Gasteiger charge is -2.29. The topological polar surface area (TPSA) is 121 Å². The van der Waals surface area contributed by atoms with Gasteiger partial charge in [-0.25, -0.2) is 4.85 Å². The highest BCUT2D eigenvalue weighted by molar-refractivity contribution is 7.17. The molecule has 0 atom stereocenters. The van der Waals surface area contributed by atoms with Gasteiger partial charge in [-0.05, 0) is 49.6 Å². The lowest BCUT2D eigenvalue weighted by molar-refractivity contribution is -0.890. The maximum atomic E-state index is 11.0. The normalized spacial score (nSPS) is 11.9. The van der Waals surface area contributed by atoms with E-state index in [4.69, 9.17) is 25.9 Å². The van der Waals surface area contributed by atoms with Gasteiger partial charge in [0, 0.05) is 18.8 Å². The molecule has 0 bridgehead atoms. The minimum absolute atomic E-state index is 0.130. The number of thiophene rings is 1. The fourth-order valence-electron chi connectivity index (χ4n) is 4.84. The maximum Gasteiger partial charge on any atom is 0.309 e. The second kappa shape index (κ2) is 20.1. The average molecular weight is 672 g/mol. The first-order chi connectivity index (χ1) is 22.3. The number of ether oxygens (including phenoxy) is 3. The molecule has 47 heavy (non-hydrogen) atoms. The number of hydrogen-bond acceptors (Lipinski definition) is 9. The maximum absolute atomic E-state index is 11.0. The smallest absolute Gasteiger partial charge is 0.309 e. The summed E-state index contributed by atoms with van der Waals surface area (Å²) < 4.78 is 19.2. The quantitative estimate of drug-likeness (QED) is 0.0656. The van der Waals surface area contributed by atoms with Crippen LogP contribution in [0.3, 0.4) is 0 Å². The van der Waals surface area contributed by atoms with Crippen LogP contribution in [-0.2, 0) is 19.0 Å². The molecule has 0 saturated carbocycles. The van der Waals surface area contributed by atoms with Gasteiger partial charge in [0.15, 0.2) is 0 Å². The molecule has 0 amide bonds. The molecule has 0 fully saturated rings. The number of likely N-dealkylation sites (N-methyl/N-ethyl adjacent to an activating group) is 2. The van der Waals surface area contributed by atoms with E-state index in [0.717, 1.165) is 41.8 Å². The number of carboxylic acids is 1. The van der Waals surface area contributed by atoms with Gasteiger partial charge < -0.3 is 33.2 Å². The number of azo groups is 1. The Morgan fingerprint density at radius 2 is 1.55 bits per heavy atom. The number of rotatable bonds is 23. The molecule has 1 aromatic carbocycles. The number of aliphatic carboxylic acids is 1. The van der Waals surface area contributed by atoms with E-state index in [2.05, 4.69) is 53.1 Å². The summed E-state index contributed by atoms with van der Waals surface area (Å²) in [7, 11) is 8.47. The zero-order chi connectivity index (χ0) is 34.9. The van der Waals surface area contributed by atoms with E-state index in [9.17, 15) is 10.1 Å². The van der Waals surface area contributed by atoms with Gasteiger partial charge in [0.05, 0.1) is 104 Å². The summed E-state index contributed by atoms with van der Waals surface area (Å²) in [5.41, 5.74) is 3.61. The van der Waals surface area contributed by atoms with E-state index in [1.807, 2.05) is 33.2 Å². The van der Waals surface area contributed by atoms with Crippen LogP contribution in [0.5, 0.6) is 0 Å². The highest BCUT2D eigenvalue weighted by atomic mass is 32.1. The highest BCUT2D eigenvalue weighted by Gasteiger charge is 2.18. The molecule has 2 aromatic rings. The molecule has 0 unspecified atom stereocenters. The van der Waals surface area contributed by atoms with Gasteiger partial charge in [-0.1, -0.05) is 6.92 Å². The van der Waals surface area contributed by atoms with Gasteiger partial charge in [-0.15, -0.1) is 11.3 Å². The zero-order valence-electron chi connectivity index (χ0n) is 29.3. The van der Waals surface area contributed by atoms with E-state index in [1.165, 1.54) is 11.3 Å². The Morgan fingerprint density at radius 3 is 2.11 bits per heavy atom. The largest absolute Gasteiger partial charge is 0.481 e. The van der Waals surface area contributed by atoms with Crippen LogP contribution in [0.2, 0.25) is 0 Å². The molecule has 2 rings (SSSR count). The van der Waals surface area contributed by atoms with E-state index in [0.29, 0.717) is 90.6 Å². The van der Waals surface area contributed by atoms with Crippen molar-refractivity contribution in [2.24, 2.45) is 10.2 Å². The first kappa shape index (κ1) is 39.7. The molecular weight excluding hydrogens is 618 g/mol. The Morgan fingerprint density at radius 1 is 0.957 bits per heavy atom. The van der Waals surface area contributed by atoms with Crippen molar-refractivity contribution in [3.8, 4) is 6.07 Å². The minimum Gasteiger partial charge on any atom is -0.481 e. The molecule has 0 aliphatic heterocycles. The van der Waals surface area contributed by atoms with Crippen molar-refractivity contribution in [1.29, 1.82) is 5.26 Å². The van der Waals surface area contributed by atoms with Gasteiger partial charge in [0.2, 0.25) is 5.69 Å². The SMILES string of the molecule is [C-]#[N+]c1c(N=Nc2ccc(N(CCOCCOCC[N+](C)(C)CCC)CCOCC[N+](C)(C)CCC(=O)O)cc2C)sc(C#N)c1C. The number of nitrogens with zero attached hydrogens (tertiary/aromatic N) is 7. The van der Waals surface area contributed by atoms with Crippen molar-refractivity contribution in [3.63, 3.8) is 0 Å². The van der Waals surface area contributed by atoms with E-state index in [1.54, 1.807) is 6.92 Å². The monoisotopic (exact) mass is 671 g/mol. The Bertz CT molecular complexity index is 1390. The number of nitriles is 1. The summed E-state index contributed by atoms with van der Waals surface area (Å²) in [6, 6.07) is 8.07. The molecule has 12 nitrogen and oxygen atoms in total. The van der Waals surface area contributed by atoms with Crippen molar-refractivity contribution in [2.45, 2.75) is 33.6 Å². The minimum atomic E-state index is -0.789. The van der Waals surface area contributed by atoms with Crippen LogP contribution in [0.25, 0.3) is 4.85 Å². The number of hydrogen-bond donors (Lipinski definition) is 1. The van der Waals surface area contributed by atoms with Crippen LogP contribution in [-0.4, -0.2) is 127 Å². The second-order valence-corrected chi connectivity index (χ2v) is 13.8. The number of carbonyl (C=O) groups is 1. The summed E-state index contributed by atoms with van der Waals surface area (Å²) in [5, 5.41) is 27.5. The molecule has 0 aliphatic carbocycles. The first-order valence-corrected chi connectivity index (χ1v) is 16.9. The summed E-state index contributed by atoms with van der Waals surface area (Å²) in [6.07, 6.45) is 1.28. The van der Waals surface area contributed by atoms with Crippen molar-refractivity contribution in [3.05, 3.63) is 45.6 Å². The lowest BCUT2D eigenvalue weighted by atomic mass is 10.1. The molecule has 0 aliphatic rings. The molecule has 1 aromatic heterocycles. The number of aryl methyl sites for hydroxylation is 1. The van der Waals surface area contributed by atoms with Crippen molar-refractivity contribution < 1.29 is 33.1 Å². The first-order valence-electron chi connectivity index (χ1n) is 16.1. The predicted molar refractivity (Wildman–Crippen MR) is 186 cm³/mol. The van der Waals surface area contributed by atoms with E-state index >= 15 is 0 Å². The fraction of sp³-hybridized carbons (Fsp3) is 0.618.